The number of rotatable bonds is 5. The molecule has 0 atom stereocenters. The highest BCUT2D eigenvalue weighted by Gasteiger charge is 2.16. The maximum Gasteiger partial charge on any atom is -0.0104 e. The van der Waals surface area contributed by atoms with Crippen LogP contribution in [-0.2, 0) is 0 Å². The Bertz CT molecular complexity index is 153. The van der Waals surface area contributed by atoms with Gasteiger partial charge in [0.25, 0.3) is 0 Å². The molecule has 0 nitrogen and oxygen atoms in total. The van der Waals surface area contributed by atoms with Crippen LogP contribution in [0.25, 0.3) is 0 Å². The minimum absolute atomic E-state index is 1.26. The molecule has 0 amide bonds. The Labute approximate surface area is 70.7 Å². The molecule has 0 N–H and O–H groups in total. The van der Waals surface area contributed by atoms with Gasteiger partial charge in [0.15, 0.2) is 0 Å². The summed E-state index contributed by atoms with van der Waals surface area (Å²) in [5.74, 6) is 1.65. The van der Waals surface area contributed by atoms with E-state index in [9.17, 15) is 0 Å². The van der Waals surface area contributed by atoms with E-state index in [-0.39, 0.29) is 0 Å². The van der Waals surface area contributed by atoms with Crippen molar-refractivity contribution in [3.8, 4) is 0 Å². The summed E-state index contributed by atoms with van der Waals surface area (Å²) in [7, 11) is 0. The van der Waals surface area contributed by atoms with E-state index >= 15 is 0 Å². The molecule has 1 aliphatic carbocycles. The molecule has 11 heavy (non-hydrogen) atoms. The molecule has 0 bridgehead atoms. The Morgan fingerprint density at radius 2 is 2.00 bits per heavy atom. The molecule has 0 spiro atoms. The van der Waals surface area contributed by atoms with Crippen LogP contribution in [0.5, 0.6) is 0 Å². The molecule has 64 valence electrons. The van der Waals surface area contributed by atoms with Gasteiger partial charge < -0.3 is 5.92 Å². The summed E-state index contributed by atoms with van der Waals surface area (Å²) in [6.45, 7) is 6.78. The lowest BCUT2D eigenvalue weighted by molar-refractivity contribution is 0.765. The maximum absolute atomic E-state index is 2.27. The second-order valence-electron chi connectivity index (χ2n) is 3.55. The number of hydrogen-bond acceptors (Lipinski definition) is 0. The van der Waals surface area contributed by atoms with Gasteiger partial charge in [-0.1, -0.05) is 31.4 Å². The van der Waals surface area contributed by atoms with Gasteiger partial charge >= 0.3 is 0 Å². The van der Waals surface area contributed by atoms with Crippen LogP contribution in [0.2, 0.25) is 0 Å². The van der Waals surface area contributed by atoms with Crippen molar-refractivity contribution in [3.63, 3.8) is 0 Å². The summed E-state index contributed by atoms with van der Waals surface area (Å²) in [6, 6.07) is 0. The Morgan fingerprint density at radius 3 is 2.45 bits per heavy atom. The Balaban J connectivity index is 2.10. The van der Waals surface area contributed by atoms with E-state index in [1.807, 2.05) is 0 Å². The third kappa shape index (κ3) is 2.69. The first-order valence-corrected chi connectivity index (χ1v) is 4.79. The second-order valence-corrected chi connectivity index (χ2v) is 3.55. The first-order chi connectivity index (χ1) is 5.27. The molecule has 0 aliphatic heterocycles. The van der Waals surface area contributed by atoms with Crippen molar-refractivity contribution in [1.82, 2.24) is 0 Å². The van der Waals surface area contributed by atoms with Crippen molar-refractivity contribution >= 4 is 0 Å². The number of allylic oxidation sites excluding steroid dienone is 2. The quantitative estimate of drug-likeness (QED) is 0.413. The summed E-state index contributed by atoms with van der Waals surface area (Å²) < 4.78 is 0. The molecule has 0 radical (unpaired) electrons. The van der Waals surface area contributed by atoms with Crippen molar-refractivity contribution in [3.05, 3.63) is 17.1 Å². The van der Waals surface area contributed by atoms with E-state index in [1.165, 1.54) is 32.1 Å². The SMILES string of the molecule is CCC1=C(CC[C-](C)CC)C1. The van der Waals surface area contributed by atoms with Crippen LogP contribution < -0.4 is 0 Å². The van der Waals surface area contributed by atoms with Gasteiger partial charge in [-0.3, -0.25) is 0 Å². The lowest BCUT2D eigenvalue weighted by Crippen LogP contribution is -1.87. The third-order valence-corrected chi connectivity index (χ3v) is 2.69. The topological polar surface area (TPSA) is 0 Å². The largest absolute Gasteiger partial charge is 0.317 e. The maximum atomic E-state index is 2.27. The second kappa shape index (κ2) is 3.94. The van der Waals surface area contributed by atoms with E-state index in [0.717, 1.165) is 0 Å². The van der Waals surface area contributed by atoms with Crippen molar-refractivity contribution in [2.24, 2.45) is 0 Å². The van der Waals surface area contributed by atoms with E-state index in [1.54, 1.807) is 17.1 Å². The van der Waals surface area contributed by atoms with Crippen LogP contribution in [0.3, 0.4) is 0 Å². The summed E-state index contributed by atoms with van der Waals surface area (Å²) in [4.78, 5) is 0. The van der Waals surface area contributed by atoms with Crippen LogP contribution in [0.15, 0.2) is 11.1 Å². The first-order valence-electron chi connectivity index (χ1n) is 4.79. The predicted molar refractivity (Wildman–Crippen MR) is 50.4 cm³/mol. The van der Waals surface area contributed by atoms with Gasteiger partial charge in [0.1, 0.15) is 0 Å². The van der Waals surface area contributed by atoms with Crippen LogP contribution in [0.4, 0.5) is 0 Å². The van der Waals surface area contributed by atoms with Crippen molar-refractivity contribution in [1.29, 1.82) is 0 Å². The smallest absolute Gasteiger partial charge is 0.0104 e. The molecule has 0 aromatic heterocycles. The molecule has 0 aromatic rings. The number of hydrogen-bond donors (Lipinski definition) is 0. The average Bonchev–Trinajstić information content (AvgIpc) is 2.78. The summed E-state index contributed by atoms with van der Waals surface area (Å²) >= 11 is 0. The highest BCUT2D eigenvalue weighted by atomic mass is 14.2. The standard InChI is InChI=1S/C11H19/c1-4-9(3)6-7-11-8-10(11)5-2/h4-8H2,1-3H3/q-1. The molecule has 0 heteroatoms. The third-order valence-electron chi connectivity index (χ3n) is 2.69. The highest BCUT2D eigenvalue weighted by molar-refractivity contribution is 5.34. The first kappa shape index (κ1) is 8.83. The average molecular weight is 151 g/mol. The fraction of sp³-hybridized carbons (Fsp3) is 0.727. The lowest BCUT2D eigenvalue weighted by atomic mass is 10.0. The molecule has 1 rings (SSSR count). The fourth-order valence-corrected chi connectivity index (χ4v) is 1.39. The summed E-state index contributed by atoms with van der Waals surface area (Å²) in [5, 5.41) is 0. The van der Waals surface area contributed by atoms with Crippen LogP contribution in [0, 0.1) is 5.92 Å². The van der Waals surface area contributed by atoms with Gasteiger partial charge in [-0.05, 0) is 12.8 Å². The molecule has 0 saturated carbocycles. The fourth-order valence-electron chi connectivity index (χ4n) is 1.39. The molecule has 0 unspecified atom stereocenters. The van der Waals surface area contributed by atoms with Crippen LogP contribution >= 0.6 is 0 Å². The minimum Gasteiger partial charge on any atom is -0.317 e. The molecule has 0 fully saturated rings. The van der Waals surface area contributed by atoms with Crippen LogP contribution in [0.1, 0.15) is 52.9 Å². The summed E-state index contributed by atoms with van der Waals surface area (Å²) in [5.41, 5.74) is 3.48. The monoisotopic (exact) mass is 151 g/mol. The highest BCUT2D eigenvalue weighted by Crippen LogP contribution is 2.37. The Morgan fingerprint density at radius 1 is 1.27 bits per heavy atom. The molecule has 0 heterocycles. The van der Waals surface area contributed by atoms with Gasteiger partial charge in [-0.2, -0.15) is 19.8 Å². The van der Waals surface area contributed by atoms with E-state index < -0.39 is 0 Å². The van der Waals surface area contributed by atoms with E-state index in [0.29, 0.717) is 0 Å². The molecule has 1 aliphatic rings. The normalized spacial score (nSPS) is 16.4. The van der Waals surface area contributed by atoms with E-state index in [2.05, 4.69) is 20.8 Å². The van der Waals surface area contributed by atoms with Gasteiger partial charge in [0, 0.05) is 0 Å². The van der Waals surface area contributed by atoms with Gasteiger partial charge in [-0.25, -0.2) is 0 Å². The zero-order valence-corrected chi connectivity index (χ0v) is 8.04. The van der Waals surface area contributed by atoms with Crippen LogP contribution in [-0.4, -0.2) is 0 Å². The minimum atomic E-state index is 1.26. The molecule has 0 aromatic carbocycles. The lowest BCUT2D eigenvalue weighted by Gasteiger charge is -2.20. The zero-order chi connectivity index (χ0) is 8.27. The Kier molecular flexibility index (Phi) is 3.16. The molecular weight excluding hydrogens is 132 g/mol. The van der Waals surface area contributed by atoms with Gasteiger partial charge in [0.2, 0.25) is 0 Å². The summed E-state index contributed by atoms with van der Waals surface area (Å²) in [6.07, 6.45) is 6.58. The predicted octanol–water partition coefficient (Wildman–Crippen LogP) is 3.88. The van der Waals surface area contributed by atoms with Gasteiger partial charge in [0.05, 0.1) is 0 Å². The zero-order valence-electron chi connectivity index (χ0n) is 8.04. The van der Waals surface area contributed by atoms with Crippen molar-refractivity contribution < 1.29 is 0 Å². The van der Waals surface area contributed by atoms with Crippen molar-refractivity contribution in [2.75, 3.05) is 0 Å². The van der Waals surface area contributed by atoms with Crippen molar-refractivity contribution in [2.45, 2.75) is 52.9 Å². The molecule has 0 saturated heterocycles. The van der Waals surface area contributed by atoms with E-state index in [4.69, 9.17) is 0 Å². The molecular formula is C11H19-. The van der Waals surface area contributed by atoms with Gasteiger partial charge in [-0.15, -0.1) is 0 Å². The Hall–Kier alpha value is -0.260.